The maximum atomic E-state index is 5.92. The van der Waals surface area contributed by atoms with Crippen molar-refractivity contribution in [1.82, 2.24) is 0 Å². The van der Waals surface area contributed by atoms with Crippen molar-refractivity contribution in [2.45, 2.75) is 51.7 Å². The van der Waals surface area contributed by atoms with Gasteiger partial charge in [-0.1, -0.05) is 25.8 Å². The van der Waals surface area contributed by atoms with E-state index in [1.807, 2.05) is 0 Å². The highest BCUT2D eigenvalue weighted by atomic mass is 28.4. The monoisotopic (exact) mass is 198 g/mol. The minimum absolute atomic E-state index is 0.653. The number of hydrogen-bond donors (Lipinski definition) is 0. The van der Waals surface area contributed by atoms with Crippen molar-refractivity contribution in [2.75, 3.05) is 0 Å². The van der Waals surface area contributed by atoms with E-state index in [9.17, 15) is 0 Å². The predicted molar refractivity (Wildman–Crippen MR) is 60.1 cm³/mol. The second-order valence-electron chi connectivity index (χ2n) is 5.02. The Kier molecular flexibility index (Phi) is 3.60. The van der Waals surface area contributed by atoms with E-state index in [0.29, 0.717) is 5.92 Å². The van der Waals surface area contributed by atoms with Crippen LogP contribution in [0.2, 0.25) is 19.6 Å². The fraction of sp³-hybridized carbons (Fsp3) is 0.818. The minimum Gasteiger partial charge on any atom is -0.548 e. The van der Waals surface area contributed by atoms with Crippen molar-refractivity contribution in [3.8, 4) is 0 Å². The molecule has 13 heavy (non-hydrogen) atoms. The van der Waals surface area contributed by atoms with Crippen LogP contribution >= 0.6 is 0 Å². The quantitative estimate of drug-likeness (QED) is 0.493. The van der Waals surface area contributed by atoms with Crippen molar-refractivity contribution < 1.29 is 4.43 Å². The summed E-state index contributed by atoms with van der Waals surface area (Å²) in [6.45, 7) is 10.7. The summed E-state index contributed by atoms with van der Waals surface area (Å²) in [6.07, 6.45) is 6.71. The van der Waals surface area contributed by atoms with Crippen LogP contribution in [0.25, 0.3) is 0 Å². The molecule has 0 radical (unpaired) electrons. The third-order valence-electron chi connectivity index (χ3n) is 2.50. The Morgan fingerprint density at radius 3 is 2.15 bits per heavy atom. The minimum atomic E-state index is -1.40. The second-order valence-corrected chi connectivity index (χ2v) is 9.44. The fourth-order valence-corrected chi connectivity index (χ4v) is 2.85. The molecule has 76 valence electrons. The lowest BCUT2D eigenvalue weighted by Gasteiger charge is -2.29. The van der Waals surface area contributed by atoms with E-state index < -0.39 is 8.32 Å². The lowest BCUT2D eigenvalue weighted by molar-refractivity contribution is 0.287. The van der Waals surface area contributed by atoms with Crippen LogP contribution in [-0.2, 0) is 4.43 Å². The third-order valence-corrected chi connectivity index (χ3v) is 3.37. The van der Waals surface area contributed by atoms with Gasteiger partial charge in [-0.15, -0.1) is 0 Å². The molecule has 1 aliphatic carbocycles. The van der Waals surface area contributed by atoms with Gasteiger partial charge in [0.2, 0.25) is 8.32 Å². The summed E-state index contributed by atoms with van der Waals surface area (Å²) >= 11 is 0. The molecule has 0 N–H and O–H groups in total. The van der Waals surface area contributed by atoms with Gasteiger partial charge in [-0.3, -0.25) is 0 Å². The SMILES string of the molecule is C=C(O[Si](C)(C)C)C1CCCCC1. The first kappa shape index (κ1) is 10.8. The molecule has 1 saturated carbocycles. The topological polar surface area (TPSA) is 9.23 Å². The molecule has 1 rings (SSSR count). The lowest BCUT2D eigenvalue weighted by atomic mass is 9.88. The van der Waals surface area contributed by atoms with Crippen LogP contribution in [0.3, 0.4) is 0 Å². The molecule has 0 bridgehead atoms. The van der Waals surface area contributed by atoms with Crippen LogP contribution in [0.4, 0.5) is 0 Å². The summed E-state index contributed by atoms with van der Waals surface area (Å²) in [7, 11) is -1.40. The van der Waals surface area contributed by atoms with Gasteiger partial charge >= 0.3 is 0 Å². The summed E-state index contributed by atoms with van der Waals surface area (Å²) in [5.41, 5.74) is 0. The first-order valence-electron chi connectivity index (χ1n) is 5.37. The van der Waals surface area contributed by atoms with Crippen molar-refractivity contribution in [2.24, 2.45) is 5.92 Å². The molecule has 0 saturated heterocycles. The molecule has 0 atom stereocenters. The Morgan fingerprint density at radius 2 is 1.69 bits per heavy atom. The van der Waals surface area contributed by atoms with Gasteiger partial charge in [0.15, 0.2) is 0 Å². The van der Waals surface area contributed by atoms with Crippen molar-refractivity contribution in [3.05, 3.63) is 12.3 Å². The van der Waals surface area contributed by atoms with Gasteiger partial charge in [0, 0.05) is 5.92 Å². The van der Waals surface area contributed by atoms with Gasteiger partial charge in [-0.05, 0) is 32.5 Å². The Balaban J connectivity index is 2.38. The average Bonchev–Trinajstić information content (AvgIpc) is 2.03. The van der Waals surface area contributed by atoms with E-state index in [-0.39, 0.29) is 0 Å². The fourth-order valence-electron chi connectivity index (χ4n) is 1.90. The highest BCUT2D eigenvalue weighted by molar-refractivity contribution is 6.70. The van der Waals surface area contributed by atoms with Gasteiger partial charge in [-0.2, -0.15) is 0 Å². The van der Waals surface area contributed by atoms with E-state index in [2.05, 4.69) is 26.2 Å². The predicted octanol–water partition coefficient (Wildman–Crippen LogP) is 3.93. The molecular weight excluding hydrogens is 176 g/mol. The number of allylic oxidation sites excluding steroid dienone is 1. The van der Waals surface area contributed by atoms with Crippen LogP contribution < -0.4 is 0 Å². The third kappa shape index (κ3) is 3.99. The standard InChI is InChI=1S/C11H22OSi/c1-10(12-13(2,3)4)11-8-6-5-7-9-11/h11H,1,5-9H2,2-4H3. The van der Waals surface area contributed by atoms with Crippen LogP contribution in [0.1, 0.15) is 32.1 Å². The Labute approximate surface area is 83.3 Å². The highest BCUT2D eigenvalue weighted by Crippen LogP contribution is 2.30. The van der Waals surface area contributed by atoms with E-state index in [0.717, 1.165) is 5.76 Å². The van der Waals surface area contributed by atoms with Gasteiger partial charge in [0.25, 0.3) is 0 Å². The zero-order valence-corrected chi connectivity index (χ0v) is 10.2. The van der Waals surface area contributed by atoms with E-state index in [4.69, 9.17) is 4.43 Å². The number of rotatable bonds is 3. The van der Waals surface area contributed by atoms with Gasteiger partial charge in [0.05, 0.1) is 5.76 Å². The highest BCUT2D eigenvalue weighted by Gasteiger charge is 2.23. The maximum absolute atomic E-state index is 5.92. The van der Waals surface area contributed by atoms with Crippen LogP contribution in [0.15, 0.2) is 12.3 Å². The van der Waals surface area contributed by atoms with Crippen molar-refractivity contribution in [3.63, 3.8) is 0 Å². The summed E-state index contributed by atoms with van der Waals surface area (Å²) in [5.74, 6) is 1.72. The Hall–Kier alpha value is -0.243. The zero-order chi connectivity index (χ0) is 9.90. The normalized spacial score (nSPS) is 19.9. The molecule has 1 aliphatic rings. The van der Waals surface area contributed by atoms with Crippen LogP contribution in [0.5, 0.6) is 0 Å². The molecular formula is C11H22OSi. The lowest BCUT2D eigenvalue weighted by Crippen LogP contribution is -2.27. The van der Waals surface area contributed by atoms with E-state index in [1.54, 1.807) is 0 Å². The number of hydrogen-bond acceptors (Lipinski definition) is 1. The molecule has 1 fully saturated rings. The second kappa shape index (κ2) is 4.31. The van der Waals surface area contributed by atoms with E-state index >= 15 is 0 Å². The molecule has 0 aromatic heterocycles. The molecule has 0 amide bonds. The molecule has 2 heteroatoms. The summed E-state index contributed by atoms with van der Waals surface area (Å²) in [6, 6.07) is 0. The molecule has 0 spiro atoms. The molecule has 0 aromatic rings. The first-order chi connectivity index (χ1) is 5.99. The summed E-state index contributed by atoms with van der Waals surface area (Å²) < 4.78 is 5.92. The zero-order valence-electron chi connectivity index (χ0n) is 9.23. The summed E-state index contributed by atoms with van der Waals surface area (Å²) in [5, 5.41) is 0. The first-order valence-corrected chi connectivity index (χ1v) is 8.78. The van der Waals surface area contributed by atoms with Crippen LogP contribution in [-0.4, -0.2) is 8.32 Å². The maximum Gasteiger partial charge on any atom is 0.241 e. The molecule has 0 aromatic carbocycles. The molecule has 0 unspecified atom stereocenters. The Morgan fingerprint density at radius 1 is 1.15 bits per heavy atom. The molecule has 0 aliphatic heterocycles. The average molecular weight is 198 g/mol. The van der Waals surface area contributed by atoms with Gasteiger partial charge in [0.1, 0.15) is 0 Å². The smallest absolute Gasteiger partial charge is 0.241 e. The van der Waals surface area contributed by atoms with Gasteiger partial charge < -0.3 is 4.43 Å². The largest absolute Gasteiger partial charge is 0.548 e. The van der Waals surface area contributed by atoms with Crippen molar-refractivity contribution in [1.29, 1.82) is 0 Å². The molecule has 1 nitrogen and oxygen atoms in total. The summed E-state index contributed by atoms with van der Waals surface area (Å²) in [4.78, 5) is 0. The Bertz CT molecular complexity index is 175. The van der Waals surface area contributed by atoms with E-state index in [1.165, 1.54) is 32.1 Å². The van der Waals surface area contributed by atoms with Crippen LogP contribution in [0, 0.1) is 5.92 Å². The van der Waals surface area contributed by atoms with Gasteiger partial charge in [-0.25, -0.2) is 0 Å². The van der Waals surface area contributed by atoms with Crippen molar-refractivity contribution >= 4 is 8.32 Å². The molecule has 0 heterocycles.